The third kappa shape index (κ3) is 2.60. The molecule has 0 N–H and O–H groups in total. The summed E-state index contributed by atoms with van der Waals surface area (Å²) in [6, 6.07) is 0.108. The van der Waals surface area contributed by atoms with Gasteiger partial charge in [-0.15, -0.1) is 0 Å². The van der Waals surface area contributed by atoms with Crippen LogP contribution in [0.15, 0.2) is 5.18 Å². The van der Waals surface area contributed by atoms with Gasteiger partial charge in [-0.1, -0.05) is 25.4 Å². The third-order valence-corrected chi connectivity index (χ3v) is 2.69. The van der Waals surface area contributed by atoms with Crippen LogP contribution >= 0.6 is 0 Å². The van der Waals surface area contributed by atoms with Gasteiger partial charge < -0.3 is 0 Å². The molecule has 1 fully saturated rings. The molecular weight excluding hydrogens is 138 g/mol. The molecule has 11 heavy (non-hydrogen) atoms. The maximum absolute atomic E-state index is 10.3. The van der Waals surface area contributed by atoms with Crippen molar-refractivity contribution in [1.29, 1.82) is 0 Å². The van der Waals surface area contributed by atoms with Gasteiger partial charge in [0.15, 0.2) is 0 Å². The van der Waals surface area contributed by atoms with Crippen LogP contribution in [0.2, 0.25) is 0 Å². The lowest BCUT2D eigenvalue weighted by Gasteiger charge is -2.21. The number of nitrogens with zero attached hydrogens (tertiary/aromatic N) is 1. The van der Waals surface area contributed by atoms with Gasteiger partial charge in [0.05, 0.1) is 6.04 Å². The Morgan fingerprint density at radius 2 is 2.00 bits per heavy atom. The molecular formula is C9H17NO. The first-order valence-electron chi connectivity index (χ1n) is 4.46. The van der Waals surface area contributed by atoms with Gasteiger partial charge in [0.25, 0.3) is 0 Å². The van der Waals surface area contributed by atoms with Crippen LogP contribution in [-0.4, -0.2) is 6.04 Å². The topological polar surface area (TPSA) is 29.4 Å². The van der Waals surface area contributed by atoms with Crippen LogP contribution in [0.25, 0.3) is 0 Å². The molecule has 0 saturated heterocycles. The van der Waals surface area contributed by atoms with E-state index in [0.29, 0.717) is 5.41 Å². The lowest BCUT2D eigenvalue weighted by Crippen LogP contribution is -2.09. The highest BCUT2D eigenvalue weighted by molar-refractivity contribution is 4.78. The van der Waals surface area contributed by atoms with E-state index < -0.39 is 0 Å². The number of nitroso groups, excluding NO2 is 1. The smallest absolute Gasteiger partial charge is 0.0920 e. The normalized spacial score (nSPS) is 30.9. The minimum atomic E-state index is 0.108. The van der Waals surface area contributed by atoms with Crippen molar-refractivity contribution < 1.29 is 0 Å². The van der Waals surface area contributed by atoms with Crippen molar-refractivity contribution in [3.8, 4) is 0 Å². The molecule has 2 nitrogen and oxygen atoms in total. The standard InChI is InChI=1S/C9H17NO/c1-9(2)6-3-4-8(10-11)5-7-9/h8H,3-7H2,1-2H3. The van der Waals surface area contributed by atoms with Gasteiger partial charge in [0.2, 0.25) is 0 Å². The molecule has 0 spiro atoms. The highest BCUT2D eigenvalue weighted by atomic mass is 16.3. The first-order chi connectivity index (χ1) is 5.14. The molecule has 0 radical (unpaired) electrons. The minimum absolute atomic E-state index is 0.108. The molecule has 1 aliphatic rings. The van der Waals surface area contributed by atoms with Crippen LogP contribution in [0.3, 0.4) is 0 Å². The zero-order chi connectivity index (χ0) is 8.32. The Kier molecular flexibility index (Phi) is 2.63. The molecule has 64 valence electrons. The first-order valence-corrected chi connectivity index (χ1v) is 4.46. The van der Waals surface area contributed by atoms with E-state index in [1.165, 1.54) is 12.8 Å². The summed E-state index contributed by atoms with van der Waals surface area (Å²) in [5.41, 5.74) is 0.444. The maximum atomic E-state index is 10.3. The largest absolute Gasteiger partial charge is 0.151 e. The lowest BCUT2D eigenvalue weighted by molar-refractivity contribution is 0.313. The Morgan fingerprint density at radius 3 is 2.64 bits per heavy atom. The van der Waals surface area contributed by atoms with Gasteiger partial charge in [-0.05, 0) is 31.1 Å². The summed E-state index contributed by atoms with van der Waals surface area (Å²) < 4.78 is 0. The molecule has 0 aliphatic heterocycles. The molecule has 0 aromatic rings. The van der Waals surface area contributed by atoms with Crippen molar-refractivity contribution in [2.75, 3.05) is 0 Å². The second-order valence-corrected chi connectivity index (χ2v) is 4.35. The molecule has 1 unspecified atom stereocenters. The van der Waals surface area contributed by atoms with Gasteiger partial charge >= 0.3 is 0 Å². The Labute approximate surface area is 68.3 Å². The van der Waals surface area contributed by atoms with E-state index in [4.69, 9.17) is 0 Å². The summed E-state index contributed by atoms with van der Waals surface area (Å²) in [4.78, 5) is 10.3. The van der Waals surface area contributed by atoms with E-state index in [-0.39, 0.29) is 6.04 Å². The monoisotopic (exact) mass is 155 g/mol. The van der Waals surface area contributed by atoms with Gasteiger partial charge in [0, 0.05) is 0 Å². The van der Waals surface area contributed by atoms with Gasteiger partial charge in [-0.3, -0.25) is 0 Å². The minimum Gasteiger partial charge on any atom is -0.151 e. The van der Waals surface area contributed by atoms with Crippen LogP contribution in [0, 0.1) is 10.3 Å². The molecule has 1 rings (SSSR count). The highest BCUT2D eigenvalue weighted by Gasteiger charge is 2.24. The third-order valence-electron chi connectivity index (χ3n) is 2.69. The molecule has 1 atom stereocenters. The van der Waals surface area contributed by atoms with Crippen LogP contribution in [-0.2, 0) is 0 Å². The summed E-state index contributed by atoms with van der Waals surface area (Å²) in [7, 11) is 0. The molecule has 1 saturated carbocycles. The Hall–Kier alpha value is -0.400. The van der Waals surface area contributed by atoms with Crippen molar-refractivity contribution in [3.05, 3.63) is 4.91 Å². The number of hydrogen-bond acceptors (Lipinski definition) is 2. The fraction of sp³-hybridized carbons (Fsp3) is 1.00. The van der Waals surface area contributed by atoms with E-state index in [9.17, 15) is 4.91 Å². The average molecular weight is 155 g/mol. The van der Waals surface area contributed by atoms with Crippen molar-refractivity contribution in [3.63, 3.8) is 0 Å². The second kappa shape index (κ2) is 3.33. The van der Waals surface area contributed by atoms with E-state index >= 15 is 0 Å². The SMILES string of the molecule is CC1(C)CCCC(N=O)CC1. The molecule has 1 aliphatic carbocycles. The summed E-state index contributed by atoms with van der Waals surface area (Å²) in [5.74, 6) is 0. The van der Waals surface area contributed by atoms with Crippen molar-refractivity contribution in [1.82, 2.24) is 0 Å². The Bertz CT molecular complexity index is 142. The molecule has 2 heteroatoms. The van der Waals surface area contributed by atoms with Crippen LogP contribution in [0.1, 0.15) is 46.0 Å². The second-order valence-electron chi connectivity index (χ2n) is 4.35. The van der Waals surface area contributed by atoms with E-state index in [1.807, 2.05) is 0 Å². The molecule has 0 aromatic carbocycles. The highest BCUT2D eigenvalue weighted by Crippen LogP contribution is 2.34. The van der Waals surface area contributed by atoms with Crippen LogP contribution < -0.4 is 0 Å². The van der Waals surface area contributed by atoms with Crippen LogP contribution in [0.5, 0.6) is 0 Å². The molecule has 0 aromatic heterocycles. The predicted octanol–water partition coefficient (Wildman–Crippen LogP) is 3.11. The number of rotatable bonds is 1. The summed E-state index contributed by atoms with van der Waals surface area (Å²) in [6.45, 7) is 4.56. The van der Waals surface area contributed by atoms with E-state index in [1.54, 1.807) is 0 Å². The van der Waals surface area contributed by atoms with Gasteiger partial charge in [-0.2, -0.15) is 4.91 Å². The maximum Gasteiger partial charge on any atom is 0.0920 e. The van der Waals surface area contributed by atoms with E-state index in [2.05, 4.69) is 19.0 Å². The summed E-state index contributed by atoms with van der Waals surface area (Å²) in [6.07, 6.45) is 5.58. The van der Waals surface area contributed by atoms with Crippen molar-refractivity contribution >= 4 is 0 Å². The average Bonchev–Trinajstić information content (AvgIpc) is 2.10. The summed E-state index contributed by atoms with van der Waals surface area (Å²) in [5, 5.41) is 3.12. The quantitative estimate of drug-likeness (QED) is 0.422. The fourth-order valence-corrected chi connectivity index (χ4v) is 1.75. The van der Waals surface area contributed by atoms with E-state index in [0.717, 1.165) is 19.3 Å². The van der Waals surface area contributed by atoms with Gasteiger partial charge in [0.1, 0.15) is 0 Å². The zero-order valence-corrected chi connectivity index (χ0v) is 7.47. The molecule has 0 heterocycles. The predicted molar refractivity (Wildman–Crippen MR) is 46.4 cm³/mol. The molecule has 0 amide bonds. The number of hydrogen-bond donors (Lipinski definition) is 0. The summed E-state index contributed by atoms with van der Waals surface area (Å²) >= 11 is 0. The van der Waals surface area contributed by atoms with Crippen molar-refractivity contribution in [2.45, 2.75) is 52.0 Å². The fourth-order valence-electron chi connectivity index (χ4n) is 1.75. The molecule has 0 bridgehead atoms. The zero-order valence-electron chi connectivity index (χ0n) is 7.47. The Balaban J connectivity index is 2.45. The first kappa shape index (κ1) is 8.69. The van der Waals surface area contributed by atoms with Crippen molar-refractivity contribution in [2.24, 2.45) is 10.6 Å². The Morgan fingerprint density at radius 1 is 1.27 bits per heavy atom. The van der Waals surface area contributed by atoms with Gasteiger partial charge in [-0.25, -0.2) is 0 Å². The lowest BCUT2D eigenvalue weighted by atomic mass is 9.85. The van der Waals surface area contributed by atoms with Crippen LogP contribution in [0.4, 0.5) is 0 Å².